The lowest BCUT2D eigenvalue weighted by Gasteiger charge is -2.27. The van der Waals surface area contributed by atoms with Gasteiger partial charge in [-0.3, -0.25) is 4.99 Å². The maximum absolute atomic E-state index is 14.0. The smallest absolute Gasteiger partial charge is 0.270 e. The Bertz CT molecular complexity index is 1360. The Hall–Kier alpha value is -4.07. The lowest BCUT2D eigenvalue weighted by Crippen LogP contribution is -2.28. The number of allylic oxidation sites excluding steroid dienone is 1. The number of fused-ring (bicyclic) bond motifs is 1. The van der Waals surface area contributed by atoms with Gasteiger partial charge in [0.1, 0.15) is 11.6 Å². The Morgan fingerprint density at radius 3 is 2.64 bits per heavy atom. The van der Waals surface area contributed by atoms with Gasteiger partial charge in [0, 0.05) is 62.6 Å². The highest BCUT2D eigenvalue weighted by Gasteiger charge is 2.26. The van der Waals surface area contributed by atoms with Crippen LogP contribution in [-0.2, 0) is 5.92 Å². The lowest BCUT2D eigenvalue weighted by atomic mass is 10.0. The summed E-state index contributed by atoms with van der Waals surface area (Å²) in [5.41, 5.74) is 4.12. The summed E-state index contributed by atoms with van der Waals surface area (Å²) in [7, 11) is 2.03. The van der Waals surface area contributed by atoms with E-state index in [1.54, 1.807) is 12.1 Å². The van der Waals surface area contributed by atoms with Crippen LogP contribution >= 0.6 is 0 Å². The maximum Gasteiger partial charge on any atom is 0.270 e. The quantitative estimate of drug-likeness (QED) is 0.443. The average molecular weight is 487 g/mol. The minimum absolute atomic E-state index is 0.0365. The van der Waals surface area contributed by atoms with E-state index in [0.29, 0.717) is 29.4 Å². The minimum Gasteiger partial charge on any atom is -0.372 e. The zero-order chi connectivity index (χ0) is 25.3. The van der Waals surface area contributed by atoms with Gasteiger partial charge in [0.25, 0.3) is 5.92 Å². The molecule has 0 bridgehead atoms. The Morgan fingerprint density at radius 1 is 1.03 bits per heavy atom. The molecule has 2 aliphatic heterocycles. The van der Waals surface area contributed by atoms with Crippen LogP contribution in [0, 0.1) is 0 Å². The molecule has 8 heteroatoms. The molecule has 0 aliphatic carbocycles. The highest BCUT2D eigenvalue weighted by molar-refractivity contribution is 5.83. The first kappa shape index (κ1) is 23.7. The first-order chi connectivity index (χ1) is 17.3. The number of aromatic nitrogens is 2. The predicted molar refractivity (Wildman–Crippen MR) is 143 cm³/mol. The summed E-state index contributed by atoms with van der Waals surface area (Å²) in [4.78, 5) is 18.0. The van der Waals surface area contributed by atoms with Crippen molar-refractivity contribution in [2.24, 2.45) is 4.99 Å². The van der Waals surface area contributed by atoms with Gasteiger partial charge in [-0.1, -0.05) is 30.8 Å². The summed E-state index contributed by atoms with van der Waals surface area (Å²) in [6, 6.07) is 16.1. The van der Waals surface area contributed by atoms with Crippen molar-refractivity contribution in [2.45, 2.75) is 25.7 Å². The summed E-state index contributed by atoms with van der Waals surface area (Å²) < 4.78 is 27.9. The highest BCUT2D eigenvalue weighted by Crippen LogP contribution is 2.36. The molecule has 0 saturated carbocycles. The fourth-order valence-electron chi connectivity index (χ4n) is 4.42. The van der Waals surface area contributed by atoms with Crippen molar-refractivity contribution >= 4 is 29.1 Å². The van der Waals surface area contributed by atoms with Crippen LogP contribution in [0.4, 0.5) is 26.1 Å². The van der Waals surface area contributed by atoms with E-state index < -0.39 is 5.92 Å². The number of pyridine rings is 2. The summed E-state index contributed by atoms with van der Waals surface area (Å²) in [5.74, 6) is -0.875. The summed E-state index contributed by atoms with van der Waals surface area (Å²) >= 11 is 0. The molecule has 1 N–H and O–H groups in total. The van der Waals surface area contributed by atoms with Crippen molar-refractivity contribution in [1.82, 2.24) is 9.97 Å². The zero-order valence-electron chi connectivity index (χ0n) is 20.4. The Balaban J connectivity index is 1.47. The Labute approximate surface area is 209 Å². The van der Waals surface area contributed by atoms with Gasteiger partial charge >= 0.3 is 0 Å². The molecule has 5 rings (SSSR count). The van der Waals surface area contributed by atoms with Gasteiger partial charge in [-0.05, 0) is 36.8 Å². The third-order valence-electron chi connectivity index (χ3n) is 6.39. The maximum atomic E-state index is 14.0. The topological polar surface area (TPSA) is 56.7 Å². The third-order valence-corrected chi connectivity index (χ3v) is 6.39. The van der Waals surface area contributed by atoms with Gasteiger partial charge in [-0.25, -0.2) is 18.7 Å². The number of hydrogen-bond donors (Lipinski definition) is 1. The average Bonchev–Trinajstić information content (AvgIpc) is 3.35. The van der Waals surface area contributed by atoms with Crippen LogP contribution in [-0.4, -0.2) is 36.3 Å². The summed E-state index contributed by atoms with van der Waals surface area (Å²) in [6.07, 6.45) is 5.36. The van der Waals surface area contributed by atoms with Crippen LogP contribution in [0.2, 0.25) is 0 Å². The molecule has 2 aromatic heterocycles. The van der Waals surface area contributed by atoms with Crippen LogP contribution in [0.25, 0.3) is 16.8 Å². The first-order valence-electron chi connectivity index (χ1n) is 11.9. The number of halogens is 2. The van der Waals surface area contributed by atoms with Gasteiger partial charge in [-0.2, -0.15) is 0 Å². The standard InChI is InChI=1S/C28H28F2N6/c1-19(32-26-10-5-9-23(33-26)21-13-14-31-18-21)36-16-6-15-35(3)25-12-11-24(34-27(25)36)20-7-4-8-22(17-20)28(2,29)30/h4-5,7-12,14,17-18H,1,6,13,15-16H2,2-3H3,(H,32,33). The monoisotopic (exact) mass is 486 g/mol. The van der Waals surface area contributed by atoms with E-state index in [-0.39, 0.29) is 5.56 Å². The number of rotatable bonds is 6. The van der Waals surface area contributed by atoms with Crippen LogP contribution < -0.4 is 15.1 Å². The van der Waals surface area contributed by atoms with Crippen molar-refractivity contribution in [3.8, 4) is 11.3 Å². The molecule has 2 aliphatic rings. The predicted octanol–water partition coefficient (Wildman–Crippen LogP) is 6.30. The Morgan fingerprint density at radius 2 is 1.86 bits per heavy atom. The molecule has 3 aromatic rings. The molecule has 0 radical (unpaired) electrons. The van der Waals surface area contributed by atoms with Crippen LogP contribution in [0.5, 0.6) is 0 Å². The van der Waals surface area contributed by atoms with E-state index in [1.165, 1.54) is 12.1 Å². The fourth-order valence-corrected chi connectivity index (χ4v) is 4.42. The highest BCUT2D eigenvalue weighted by atomic mass is 19.3. The fraction of sp³-hybridized carbons (Fsp3) is 0.250. The molecule has 6 nitrogen and oxygen atoms in total. The molecule has 0 fully saturated rings. The molecule has 1 aromatic carbocycles. The van der Waals surface area contributed by atoms with Crippen molar-refractivity contribution in [3.05, 3.63) is 84.5 Å². The second-order valence-corrected chi connectivity index (χ2v) is 9.11. The van der Waals surface area contributed by atoms with E-state index in [0.717, 1.165) is 49.1 Å². The molecular formula is C28H28F2N6. The second kappa shape index (κ2) is 9.53. The van der Waals surface area contributed by atoms with Crippen LogP contribution in [0.15, 0.2) is 78.2 Å². The molecular weight excluding hydrogens is 458 g/mol. The van der Waals surface area contributed by atoms with Gasteiger partial charge in [0.2, 0.25) is 0 Å². The second-order valence-electron chi connectivity index (χ2n) is 9.11. The molecule has 184 valence electrons. The number of anilines is 3. The van der Waals surface area contributed by atoms with Gasteiger partial charge in [-0.15, -0.1) is 0 Å². The van der Waals surface area contributed by atoms with Crippen molar-refractivity contribution in [1.29, 1.82) is 0 Å². The number of alkyl halides is 2. The van der Waals surface area contributed by atoms with Gasteiger partial charge in [0.05, 0.1) is 17.1 Å². The molecule has 0 saturated heterocycles. The van der Waals surface area contributed by atoms with E-state index in [9.17, 15) is 8.78 Å². The molecule has 4 heterocycles. The molecule has 0 spiro atoms. The third kappa shape index (κ3) is 4.84. The summed E-state index contributed by atoms with van der Waals surface area (Å²) in [6.45, 7) is 6.76. The van der Waals surface area contributed by atoms with E-state index in [1.807, 2.05) is 54.7 Å². The minimum atomic E-state index is -2.92. The van der Waals surface area contributed by atoms with Crippen molar-refractivity contribution in [3.63, 3.8) is 0 Å². The Kier molecular flexibility index (Phi) is 6.26. The molecule has 0 amide bonds. The molecule has 0 unspecified atom stereocenters. The number of benzene rings is 1. The van der Waals surface area contributed by atoms with E-state index >= 15 is 0 Å². The first-order valence-corrected chi connectivity index (χ1v) is 11.9. The lowest BCUT2D eigenvalue weighted by molar-refractivity contribution is 0.0175. The number of nitrogens with zero attached hydrogens (tertiary/aromatic N) is 5. The number of nitrogens with one attached hydrogen (secondary N) is 1. The van der Waals surface area contributed by atoms with Gasteiger partial charge < -0.3 is 15.1 Å². The zero-order valence-corrected chi connectivity index (χ0v) is 20.4. The largest absolute Gasteiger partial charge is 0.372 e. The van der Waals surface area contributed by atoms with Gasteiger partial charge in [0.15, 0.2) is 5.82 Å². The SMILES string of the molecule is C=C(Nc1cccc(C2=CN=CC2)n1)N1CCCN(C)c2ccc(-c3cccc(C(C)(F)F)c3)nc21. The molecule has 0 atom stereocenters. The van der Waals surface area contributed by atoms with Crippen LogP contribution in [0.1, 0.15) is 31.0 Å². The normalized spacial score (nSPS) is 15.4. The number of hydrogen-bond acceptors (Lipinski definition) is 6. The molecule has 36 heavy (non-hydrogen) atoms. The van der Waals surface area contributed by atoms with E-state index in [2.05, 4.69) is 21.8 Å². The number of aliphatic imine (C=N–C) groups is 1. The van der Waals surface area contributed by atoms with E-state index in [4.69, 9.17) is 9.97 Å². The summed E-state index contributed by atoms with van der Waals surface area (Å²) in [5, 5.41) is 3.34. The van der Waals surface area contributed by atoms with Crippen molar-refractivity contribution in [2.75, 3.05) is 35.3 Å². The van der Waals surface area contributed by atoms with Crippen LogP contribution in [0.3, 0.4) is 0 Å². The van der Waals surface area contributed by atoms with Crippen molar-refractivity contribution < 1.29 is 8.78 Å².